The van der Waals surface area contributed by atoms with E-state index in [2.05, 4.69) is 81.3 Å². The molecule has 0 N–H and O–H groups in total. The lowest BCUT2D eigenvalue weighted by Crippen LogP contribution is -1.95. The van der Waals surface area contributed by atoms with Gasteiger partial charge in [0, 0.05) is 39.3 Å². The van der Waals surface area contributed by atoms with Gasteiger partial charge in [-0.1, -0.05) is 48.5 Å². The summed E-state index contributed by atoms with van der Waals surface area (Å²) in [6.45, 7) is 0. The molecule has 0 amide bonds. The number of rotatable bonds is 4. The van der Waals surface area contributed by atoms with Crippen molar-refractivity contribution in [3.63, 3.8) is 0 Å². The van der Waals surface area contributed by atoms with Gasteiger partial charge in [-0.05, 0) is 54.6 Å². The van der Waals surface area contributed by atoms with E-state index in [0.717, 1.165) is 50.2 Å². The number of benzene rings is 4. The molecular formula is C33H20N4O2. The minimum Gasteiger partial charge on any atom is -0.445 e. The van der Waals surface area contributed by atoms with Gasteiger partial charge in [-0.3, -0.25) is 4.98 Å². The molecule has 8 aromatic rings. The molecule has 0 unspecified atom stereocenters. The first-order valence-corrected chi connectivity index (χ1v) is 12.7. The van der Waals surface area contributed by atoms with Gasteiger partial charge in [-0.25, -0.2) is 9.97 Å². The standard InChI is InChI=1S/C33H20N4O2/c1-3-10-29-25(8-1)26-13-12-22(33-36-27-9-2-4-11-31(27)39-33)20-30(26)37(29)24-7-5-6-21(18-24)28-19-23(14-15-34-28)32-35-16-17-38-32/h1-20H. The summed E-state index contributed by atoms with van der Waals surface area (Å²) in [5.41, 5.74) is 8.53. The molecule has 0 aliphatic rings. The second kappa shape index (κ2) is 8.53. The van der Waals surface area contributed by atoms with Crippen LogP contribution in [0.15, 0.2) is 131 Å². The average molecular weight is 505 g/mol. The van der Waals surface area contributed by atoms with Crippen LogP contribution in [0.1, 0.15) is 0 Å². The van der Waals surface area contributed by atoms with E-state index in [1.807, 2.05) is 36.4 Å². The van der Waals surface area contributed by atoms with Gasteiger partial charge >= 0.3 is 0 Å². The minimum atomic E-state index is 0.573. The van der Waals surface area contributed by atoms with Gasteiger partial charge < -0.3 is 13.4 Å². The number of aromatic nitrogens is 4. The van der Waals surface area contributed by atoms with Crippen molar-refractivity contribution in [2.24, 2.45) is 0 Å². The van der Waals surface area contributed by atoms with Crippen molar-refractivity contribution in [1.29, 1.82) is 0 Å². The topological polar surface area (TPSA) is 69.9 Å². The Balaban J connectivity index is 1.31. The largest absolute Gasteiger partial charge is 0.445 e. The van der Waals surface area contributed by atoms with Crippen molar-refractivity contribution in [2.45, 2.75) is 0 Å². The molecule has 0 spiro atoms. The number of nitrogens with zero attached hydrogens (tertiary/aromatic N) is 4. The van der Waals surface area contributed by atoms with Crippen LogP contribution < -0.4 is 0 Å². The van der Waals surface area contributed by atoms with Gasteiger partial charge in [-0.15, -0.1) is 0 Å². The molecule has 0 aliphatic heterocycles. The first-order valence-electron chi connectivity index (χ1n) is 12.7. The van der Waals surface area contributed by atoms with Crippen molar-refractivity contribution >= 4 is 32.9 Å². The van der Waals surface area contributed by atoms with E-state index in [4.69, 9.17) is 13.8 Å². The van der Waals surface area contributed by atoms with Gasteiger partial charge in [0.15, 0.2) is 5.58 Å². The van der Waals surface area contributed by atoms with E-state index >= 15 is 0 Å². The Bertz CT molecular complexity index is 2100. The lowest BCUT2D eigenvalue weighted by Gasteiger charge is -2.11. The van der Waals surface area contributed by atoms with E-state index in [1.54, 1.807) is 18.7 Å². The van der Waals surface area contributed by atoms with Gasteiger partial charge in [0.25, 0.3) is 0 Å². The normalized spacial score (nSPS) is 11.6. The van der Waals surface area contributed by atoms with Crippen LogP contribution in [0.5, 0.6) is 0 Å². The third-order valence-corrected chi connectivity index (χ3v) is 7.05. The fourth-order valence-corrected chi connectivity index (χ4v) is 5.27. The fraction of sp³-hybridized carbons (Fsp3) is 0. The van der Waals surface area contributed by atoms with Gasteiger partial charge in [-0.2, -0.15) is 0 Å². The molecule has 0 radical (unpaired) electrons. The zero-order chi connectivity index (χ0) is 25.8. The molecule has 0 fully saturated rings. The van der Waals surface area contributed by atoms with E-state index < -0.39 is 0 Å². The van der Waals surface area contributed by atoms with Crippen molar-refractivity contribution < 1.29 is 8.83 Å². The Morgan fingerprint density at radius 2 is 1.46 bits per heavy atom. The molecule has 0 aliphatic carbocycles. The van der Waals surface area contributed by atoms with Crippen LogP contribution in [0, 0.1) is 0 Å². The highest BCUT2D eigenvalue weighted by atomic mass is 16.3. The van der Waals surface area contributed by atoms with Gasteiger partial charge in [0.1, 0.15) is 11.8 Å². The number of hydrogen-bond donors (Lipinski definition) is 0. The highest BCUT2D eigenvalue weighted by Gasteiger charge is 2.16. The molecule has 0 saturated heterocycles. The van der Waals surface area contributed by atoms with Crippen molar-refractivity contribution in [1.82, 2.24) is 19.5 Å². The molecule has 184 valence electrons. The van der Waals surface area contributed by atoms with Crippen LogP contribution in [0.3, 0.4) is 0 Å². The molecule has 8 rings (SSSR count). The second-order valence-electron chi connectivity index (χ2n) is 9.39. The molecule has 4 aromatic carbocycles. The zero-order valence-electron chi connectivity index (χ0n) is 20.7. The monoisotopic (exact) mass is 504 g/mol. The predicted octanol–water partition coefficient (Wildman–Crippen LogP) is 8.31. The third kappa shape index (κ3) is 3.54. The zero-order valence-corrected chi connectivity index (χ0v) is 20.7. The van der Waals surface area contributed by atoms with Gasteiger partial charge in [0.2, 0.25) is 11.8 Å². The predicted molar refractivity (Wildman–Crippen MR) is 153 cm³/mol. The molecule has 6 heteroatoms. The summed E-state index contributed by atoms with van der Waals surface area (Å²) in [5, 5.41) is 2.35. The van der Waals surface area contributed by atoms with Gasteiger partial charge in [0.05, 0.1) is 22.9 Å². The highest BCUT2D eigenvalue weighted by Crippen LogP contribution is 2.36. The Labute approximate surface area is 222 Å². The van der Waals surface area contributed by atoms with Crippen LogP contribution in [-0.4, -0.2) is 19.5 Å². The molecule has 6 nitrogen and oxygen atoms in total. The maximum Gasteiger partial charge on any atom is 0.227 e. The lowest BCUT2D eigenvalue weighted by atomic mass is 10.1. The first-order chi connectivity index (χ1) is 19.3. The first kappa shape index (κ1) is 21.6. The number of hydrogen-bond acceptors (Lipinski definition) is 5. The summed E-state index contributed by atoms with van der Waals surface area (Å²) in [5.74, 6) is 1.18. The molecule has 0 atom stereocenters. The van der Waals surface area contributed by atoms with E-state index in [9.17, 15) is 0 Å². The quantitative estimate of drug-likeness (QED) is 0.241. The van der Waals surface area contributed by atoms with Crippen molar-refractivity contribution in [2.75, 3.05) is 0 Å². The summed E-state index contributed by atoms with van der Waals surface area (Å²) in [6.07, 6.45) is 5.01. The summed E-state index contributed by atoms with van der Waals surface area (Å²) in [6, 6.07) is 35.0. The summed E-state index contributed by atoms with van der Waals surface area (Å²) in [4.78, 5) is 13.7. The number of para-hydroxylation sites is 3. The Hall–Kier alpha value is -5.49. The van der Waals surface area contributed by atoms with Crippen LogP contribution in [-0.2, 0) is 0 Å². The maximum atomic E-state index is 6.10. The van der Waals surface area contributed by atoms with Crippen molar-refractivity contribution in [3.8, 4) is 39.9 Å². The molecular weight excluding hydrogens is 484 g/mol. The van der Waals surface area contributed by atoms with Crippen LogP contribution in [0.25, 0.3) is 72.8 Å². The minimum absolute atomic E-state index is 0.573. The molecule has 4 aromatic heterocycles. The lowest BCUT2D eigenvalue weighted by molar-refractivity contribution is 0.574. The molecule has 4 heterocycles. The average Bonchev–Trinajstić information content (AvgIpc) is 3.75. The smallest absolute Gasteiger partial charge is 0.227 e. The summed E-state index contributed by atoms with van der Waals surface area (Å²) < 4.78 is 13.9. The number of oxazole rings is 2. The van der Waals surface area contributed by atoms with Crippen LogP contribution in [0.4, 0.5) is 0 Å². The van der Waals surface area contributed by atoms with E-state index in [1.165, 1.54) is 10.8 Å². The SMILES string of the molecule is c1cc(-c2cc(-c3ncco3)ccn2)cc(-n2c3ccccc3c3ccc(-c4nc5ccccc5o4)cc32)c1. The van der Waals surface area contributed by atoms with Crippen LogP contribution in [0.2, 0.25) is 0 Å². The number of fused-ring (bicyclic) bond motifs is 4. The van der Waals surface area contributed by atoms with Crippen molar-refractivity contribution in [3.05, 3.63) is 122 Å². The summed E-state index contributed by atoms with van der Waals surface area (Å²) >= 11 is 0. The van der Waals surface area contributed by atoms with E-state index in [0.29, 0.717) is 11.8 Å². The fourth-order valence-electron chi connectivity index (χ4n) is 5.27. The highest BCUT2D eigenvalue weighted by molar-refractivity contribution is 6.10. The Kier molecular flexibility index (Phi) is 4.72. The van der Waals surface area contributed by atoms with E-state index in [-0.39, 0.29) is 0 Å². The number of pyridine rings is 1. The maximum absolute atomic E-state index is 6.10. The molecule has 39 heavy (non-hydrogen) atoms. The third-order valence-electron chi connectivity index (χ3n) is 7.05. The van der Waals surface area contributed by atoms with Crippen LogP contribution >= 0.6 is 0 Å². The second-order valence-corrected chi connectivity index (χ2v) is 9.39. The summed E-state index contributed by atoms with van der Waals surface area (Å²) in [7, 11) is 0. The Morgan fingerprint density at radius 3 is 2.38 bits per heavy atom. The molecule has 0 saturated carbocycles. The Morgan fingerprint density at radius 1 is 0.590 bits per heavy atom. The molecule has 0 bridgehead atoms.